The second-order valence-electron chi connectivity index (χ2n) is 3.44. The molecule has 0 spiro atoms. The van der Waals surface area contributed by atoms with Crippen LogP contribution in [0.3, 0.4) is 0 Å². The fraction of sp³-hybridized carbons (Fsp3) is 0.364. The van der Waals surface area contributed by atoms with Gasteiger partial charge in [0.2, 0.25) is 0 Å². The first-order valence-electron chi connectivity index (χ1n) is 4.59. The number of hydrogen-bond donors (Lipinski definition) is 1. The normalized spacial score (nSPS) is 9.12. The molecular weight excluding hydrogens is 469 g/mol. The molecule has 16 heavy (non-hydrogen) atoms. The van der Waals surface area contributed by atoms with Crippen molar-refractivity contribution in [3.63, 3.8) is 0 Å². The Morgan fingerprint density at radius 2 is 1.44 bits per heavy atom. The van der Waals surface area contributed by atoms with Gasteiger partial charge in [-0.2, -0.15) is 0 Å². The molecule has 0 amide bonds. The number of rotatable bonds is 1. The second kappa shape index (κ2) is 7.95. The molecule has 1 aromatic carbocycles. The van der Waals surface area contributed by atoms with E-state index in [2.05, 4.69) is 40.0 Å². The van der Waals surface area contributed by atoms with Crippen LogP contribution in [0.25, 0.3) is 0 Å². The monoisotopic (exact) mass is 483 g/mol. The number of halogens is 2. The molecule has 0 saturated heterocycles. The third-order valence-electron chi connectivity index (χ3n) is 2.76. The molecule has 5 heteroatoms. The first-order valence-corrected chi connectivity index (χ1v) is 13.6. The predicted molar refractivity (Wildman–Crippen MR) is 80.5 cm³/mol. The van der Waals surface area contributed by atoms with Gasteiger partial charge in [-0.15, -0.1) is 0 Å². The van der Waals surface area contributed by atoms with E-state index >= 15 is 0 Å². The van der Waals surface area contributed by atoms with Gasteiger partial charge < -0.3 is 5.11 Å². The maximum absolute atomic E-state index is 10.8. The van der Waals surface area contributed by atoms with E-state index in [-0.39, 0.29) is 5.75 Å². The van der Waals surface area contributed by atoms with E-state index < -0.39 is 0 Å². The van der Waals surface area contributed by atoms with Crippen LogP contribution in [0.5, 0.6) is 5.75 Å². The Hall–Kier alpha value is 0.734. The first-order chi connectivity index (χ1) is 7.42. The summed E-state index contributed by atoms with van der Waals surface area (Å²) in [6, 6.07) is 0. The third-order valence-corrected chi connectivity index (χ3v) is 2.76. The number of hydrogen-bond acceptors (Lipinski definition) is 2. The number of phenolic OH excluding ortho intramolecular Hbond substituents is 1. The van der Waals surface area contributed by atoms with E-state index in [1.54, 1.807) is 6.92 Å². The molecule has 0 saturated carbocycles. The van der Waals surface area contributed by atoms with Gasteiger partial charge >= 0.3 is 49.4 Å². The summed E-state index contributed by atoms with van der Waals surface area (Å²) in [6.45, 7) is 7.44. The fourth-order valence-electron chi connectivity index (χ4n) is 1.53. The van der Waals surface area contributed by atoms with Crippen LogP contribution < -0.4 is 0 Å². The van der Waals surface area contributed by atoms with E-state index in [4.69, 9.17) is 0 Å². The Labute approximate surface area is 125 Å². The molecule has 0 radical (unpaired) electrons. The standard InChI is InChI=1S/C11H14O2.2HI.V/c1-6-7(2)10(5-12)9(4)11(13)8(6)3;;;/h5,13H,1-4H3;2*1H;/q;;;+2/p-2. The Kier molecular flexibility index (Phi) is 8.31. The van der Waals surface area contributed by atoms with Crippen LogP contribution in [0.1, 0.15) is 32.6 Å². The zero-order valence-electron chi connectivity index (χ0n) is 9.64. The summed E-state index contributed by atoms with van der Waals surface area (Å²) in [5.41, 5.74) is 4.10. The first kappa shape index (κ1) is 16.7. The van der Waals surface area contributed by atoms with Crippen LogP contribution in [-0.4, -0.2) is 11.4 Å². The van der Waals surface area contributed by atoms with Crippen LogP contribution >= 0.6 is 40.0 Å². The molecule has 89 valence electrons. The van der Waals surface area contributed by atoms with Crippen molar-refractivity contribution in [2.45, 2.75) is 27.7 Å². The Bertz CT molecular complexity index is 363. The minimum atomic E-state index is 0.241. The topological polar surface area (TPSA) is 37.3 Å². The van der Waals surface area contributed by atoms with Crippen molar-refractivity contribution in [2.75, 3.05) is 0 Å². The van der Waals surface area contributed by atoms with Crippen molar-refractivity contribution >= 4 is 46.2 Å². The summed E-state index contributed by atoms with van der Waals surface area (Å²) in [5.74, 6) is 0.241. The molecule has 0 aliphatic heterocycles. The number of carbonyl (C=O) groups is 1. The van der Waals surface area contributed by atoms with E-state index in [9.17, 15) is 9.90 Å². The van der Waals surface area contributed by atoms with Gasteiger partial charge in [0, 0.05) is 11.1 Å². The summed E-state index contributed by atoms with van der Waals surface area (Å²) in [5, 5.41) is 9.66. The van der Waals surface area contributed by atoms with Crippen molar-refractivity contribution in [1.82, 2.24) is 0 Å². The molecule has 2 nitrogen and oxygen atoms in total. The number of aldehydes is 1. The summed E-state index contributed by atoms with van der Waals surface area (Å²) in [7, 11) is 0.628. The fourth-order valence-corrected chi connectivity index (χ4v) is 1.53. The molecule has 0 aliphatic carbocycles. The van der Waals surface area contributed by atoms with Gasteiger partial charge in [-0.1, -0.05) is 0 Å². The van der Waals surface area contributed by atoms with E-state index in [0.29, 0.717) is 20.6 Å². The van der Waals surface area contributed by atoms with Gasteiger partial charge in [-0.3, -0.25) is 4.79 Å². The molecule has 0 fully saturated rings. The van der Waals surface area contributed by atoms with Crippen molar-refractivity contribution in [2.24, 2.45) is 0 Å². The molecule has 0 bridgehead atoms. The van der Waals surface area contributed by atoms with Gasteiger partial charge in [0.25, 0.3) is 0 Å². The average molecular weight is 483 g/mol. The third kappa shape index (κ3) is 3.89. The molecule has 1 N–H and O–H groups in total. The van der Waals surface area contributed by atoms with Crippen LogP contribution in [0, 0.1) is 27.7 Å². The number of carbonyl (C=O) groups excluding carboxylic acids is 1. The van der Waals surface area contributed by atoms with Crippen molar-refractivity contribution in [3.8, 4) is 5.75 Å². The Morgan fingerprint density at radius 1 is 1.00 bits per heavy atom. The summed E-state index contributed by atoms with van der Waals surface area (Å²) in [6.07, 6.45) is 0.802. The molecule has 0 aliphatic rings. The van der Waals surface area contributed by atoms with E-state index in [0.717, 1.165) is 23.0 Å². The van der Waals surface area contributed by atoms with Crippen LogP contribution in [0.15, 0.2) is 0 Å². The number of benzene rings is 1. The molecule has 0 unspecified atom stereocenters. The molecule has 1 rings (SSSR count). The van der Waals surface area contributed by atoms with E-state index in [1.165, 1.54) is 0 Å². The zero-order valence-corrected chi connectivity index (χ0v) is 15.3. The van der Waals surface area contributed by atoms with Gasteiger partial charge in [0.05, 0.1) is 0 Å². The predicted octanol–water partition coefficient (Wildman–Crippen LogP) is 4.21. The van der Waals surface area contributed by atoms with Gasteiger partial charge in [0.1, 0.15) is 5.75 Å². The summed E-state index contributed by atoms with van der Waals surface area (Å²) in [4.78, 5) is 10.8. The Morgan fingerprint density at radius 3 is 1.81 bits per heavy atom. The SMILES string of the molecule is Cc1c(C)c(O)c(C)c(C=O)c1C.[I][V][I]. The summed E-state index contributed by atoms with van der Waals surface area (Å²) < 4.78 is 0. The van der Waals surface area contributed by atoms with Crippen LogP contribution in [0.4, 0.5) is 0 Å². The quantitative estimate of drug-likeness (QED) is 0.481. The molecular formula is C11H14I2O2V. The average Bonchev–Trinajstić information content (AvgIpc) is 2.26. The molecule has 0 aromatic heterocycles. The maximum atomic E-state index is 10.8. The van der Waals surface area contributed by atoms with Gasteiger partial charge in [-0.05, 0) is 44.4 Å². The van der Waals surface area contributed by atoms with Crippen LogP contribution in [-0.2, 0) is 9.47 Å². The molecule has 0 heterocycles. The van der Waals surface area contributed by atoms with Crippen molar-refractivity contribution < 1.29 is 19.4 Å². The van der Waals surface area contributed by atoms with Crippen molar-refractivity contribution in [1.29, 1.82) is 0 Å². The second-order valence-corrected chi connectivity index (χ2v) is 15.2. The number of phenols is 1. The van der Waals surface area contributed by atoms with E-state index in [1.807, 2.05) is 20.8 Å². The molecule has 0 atom stereocenters. The van der Waals surface area contributed by atoms with Gasteiger partial charge in [-0.25, -0.2) is 0 Å². The minimum absolute atomic E-state index is 0.241. The molecule has 1 aromatic rings. The van der Waals surface area contributed by atoms with Gasteiger partial charge in [0.15, 0.2) is 6.29 Å². The Balaban J connectivity index is 0.000000673. The van der Waals surface area contributed by atoms with Crippen LogP contribution in [0.2, 0.25) is 0 Å². The zero-order chi connectivity index (χ0) is 12.9. The van der Waals surface area contributed by atoms with Crippen molar-refractivity contribution in [3.05, 3.63) is 27.8 Å². The number of aromatic hydroxyl groups is 1. The summed E-state index contributed by atoms with van der Waals surface area (Å²) >= 11 is 4.74.